The van der Waals surface area contributed by atoms with Gasteiger partial charge in [0.2, 0.25) is 0 Å². The summed E-state index contributed by atoms with van der Waals surface area (Å²) in [6, 6.07) is 0. The molecule has 8 nitrogen and oxygen atoms in total. The van der Waals surface area contributed by atoms with Crippen LogP contribution in [0.4, 0.5) is 0 Å². The monoisotopic (exact) mass is 438 g/mol. The van der Waals surface area contributed by atoms with Crippen LogP contribution in [-0.2, 0) is 22.5 Å². The molecule has 0 aliphatic carbocycles. The summed E-state index contributed by atoms with van der Waals surface area (Å²) in [5.41, 5.74) is -0.485. The molecule has 1 heterocycles. The van der Waals surface area contributed by atoms with Crippen molar-refractivity contribution < 1.29 is 9.53 Å². The Labute approximate surface area is 154 Å². The van der Waals surface area contributed by atoms with E-state index in [-0.39, 0.29) is 36.5 Å². The van der Waals surface area contributed by atoms with Crippen molar-refractivity contribution in [3.63, 3.8) is 0 Å². The van der Waals surface area contributed by atoms with Gasteiger partial charge < -0.3 is 19.9 Å². The average molecular weight is 438 g/mol. The van der Waals surface area contributed by atoms with E-state index in [1.807, 2.05) is 32.3 Å². The molecule has 0 radical (unpaired) electrons. The fraction of sp³-hybridized carbons (Fsp3) is 0.714. The zero-order chi connectivity index (χ0) is 16.6. The van der Waals surface area contributed by atoms with E-state index in [9.17, 15) is 4.79 Å². The number of ether oxygens (including phenoxy) is 1. The summed E-state index contributed by atoms with van der Waals surface area (Å²) in [4.78, 5) is 15.7. The minimum absolute atomic E-state index is 0. The van der Waals surface area contributed by atoms with Crippen molar-refractivity contribution in [2.45, 2.75) is 46.3 Å². The van der Waals surface area contributed by atoms with Crippen LogP contribution in [0.15, 0.2) is 11.3 Å². The number of nitrogens with zero attached hydrogens (tertiary/aromatic N) is 4. The number of esters is 1. The number of carbonyl (C=O) groups is 1. The van der Waals surface area contributed by atoms with Crippen LogP contribution in [0.5, 0.6) is 0 Å². The normalized spacial score (nSPS) is 11.6. The number of aryl methyl sites for hydroxylation is 1. The van der Waals surface area contributed by atoms with E-state index in [0.717, 1.165) is 18.8 Å². The first-order chi connectivity index (χ1) is 10.4. The number of hydrogen-bond donors (Lipinski definition) is 2. The molecule has 1 rings (SSSR count). The van der Waals surface area contributed by atoms with Crippen LogP contribution in [0, 0.1) is 0 Å². The van der Waals surface area contributed by atoms with Crippen molar-refractivity contribution in [2.24, 2.45) is 4.99 Å². The van der Waals surface area contributed by atoms with Gasteiger partial charge in [-0.2, -0.15) is 0 Å². The van der Waals surface area contributed by atoms with Crippen LogP contribution in [0.25, 0.3) is 0 Å². The molecular weight excluding hydrogens is 411 g/mol. The largest absolute Gasteiger partial charge is 0.459 e. The molecule has 0 aliphatic rings. The Balaban J connectivity index is 0.00000484. The summed E-state index contributed by atoms with van der Waals surface area (Å²) in [6.07, 6.45) is 2.54. The van der Waals surface area contributed by atoms with Gasteiger partial charge in [0.15, 0.2) is 5.96 Å². The molecule has 0 saturated carbocycles. The second kappa shape index (κ2) is 10.4. The number of guanidine groups is 1. The van der Waals surface area contributed by atoms with Crippen molar-refractivity contribution in [3.05, 3.63) is 12.2 Å². The smallest absolute Gasteiger partial charge is 0.325 e. The molecule has 0 saturated heterocycles. The molecule has 132 valence electrons. The first kappa shape index (κ1) is 21.6. The Hall–Kier alpha value is -1.39. The maximum absolute atomic E-state index is 11.6. The third-order valence-electron chi connectivity index (χ3n) is 2.70. The third kappa shape index (κ3) is 8.72. The lowest BCUT2D eigenvalue weighted by atomic mass is 10.2. The fourth-order valence-electron chi connectivity index (χ4n) is 1.79. The number of hydrogen-bond acceptors (Lipinski definition) is 5. The van der Waals surface area contributed by atoms with Gasteiger partial charge in [-0.15, -0.1) is 34.2 Å². The Bertz CT molecular complexity index is 510. The van der Waals surface area contributed by atoms with Crippen LogP contribution in [0.2, 0.25) is 0 Å². The van der Waals surface area contributed by atoms with Crippen molar-refractivity contribution in [1.82, 2.24) is 25.4 Å². The molecule has 1 aromatic rings. The Morgan fingerprint density at radius 3 is 2.65 bits per heavy atom. The van der Waals surface area contributed by atoms with Crippen LogP contribution in [0.1, 0.15) is 33.5 Å². The van der Waals surface area contributed by atoms with Gasteiger partial charge in [-0.05, 0) is 20.8 Å². The summed E-state index contributed by atoms with van der Waals surface area (Å²) >= 11 is 0. The Morgan fingerprint density at radius 1 is 1.39 bits per heavy atom. The van der Waals surface area contributed by atoms with Crippen LogP contribution < -0.4 is 10.6 Å². The predicted octanol–water partition coefficient (Wildman–Crippen LogP) is 0.965. The van der Waals surface area contributed by atoms with Gasteiger partial charge >= 0.3 is 5.97 Å². The molecule has 0 atom stereocenters. The maximum Gasteiger partial charge on any atom is 0.325 e. The summed E-state index contributed by atoms with van der Waals surface area (Å²) in [5.74, 6) is 1.18. The lowest BCUT2D eigenvalue weighted by Gasteiger charge is -2.20. The first-order valence-corrected chi connectivity index (χ1v) is 7.38. The minimum atomic E-state index is -0.485. The quantitative estimate of drug-likeness (QED) is 0.298. The van der Waals surface area contributed by atoms with E-state index >= 15 is 0 Å². The highest BCUT2D eigenvalue weighted by Crippen LogP contribution is 2.06. The number of aromatic nitrogens is 3. The number of rotatable bonds is 6. The number of aliphatic imine (C=N–C) groups is 1. The van der Waals surface area contributed by atoms with Crippen molar-refractivity contribution in [1.29, 1.82) is 0 Å². The minimum Gasteiger partial charge on any atom is -0.459 e. The zero-order valence-electron chi connectivity index (χ0n) is 14.4. The summed E-state index contributed by atoms with van der Waals surface area (Å²) in [7, 11) is 1.65. The molecule has 23 heavy (non-hydrogen) atoms. The Kier molecular flexibility index (Phi) is 9.77. The lowest BCUT2D eigenvalue weighted by molar-refractivity contribution is -0.153. The number of halogens is 1. The molecule has 0 amide bonds. The van der Waals surface area contributed by atoms with Gasteiger partial charge in [-0.3, -0.25) is 9.79 Å². The maximum atomic E-state index is 11.6. The summed E-state index contributed by atoms with van der Waals surface area (Å²) in [5, 5.41) is 14.0. The van der Waals surface area contributed by atoms with Gasteiger partial charge in [0.25, 0.3) is 0 Å². The highest BCUT2D eigenvalue weighted by atomic mass is 127. The van der Waals surface area contributed by atoms with Crippen LogP contribution >= 0.6 is 24.0 Å². The van der Waals surface area contributed by atoms with E-state index in [2.05, 4.69) is 25.8 Å². The van der Waals surface area contributed by atoms with E-state index in [0.29, 0.717) is 12.5 Å². The molecule has 0 spiro atoms. The van der Waals surface area contributed by atoms with Crippen molar-refractivity contribution in [3.8, 4) is 0 Å². The zero-order valence-corrected chi connectivity index (χ0v) is 16.7. The molecule has 1 aromatic heterocycles. The Morgan fingerprint density at radius 2 is 2.09 bits per heavy atom. The molecule has 0 unspecified atom stereocenters. The second-order valence-corrected chi connectivity index (χ2v) is 5.73. The molecule has 0 aliphatic heterocycles. The predicted molar refractivity (Wildman–Crippen MR) is 100 cm³/mol. The van der Waals surface area contributed by atoms with Gasteiger partial charge in [-0.1, -0.05) is 6.92 Å². The SMILES string of the molecule is CCc1nncn1CCNC(=NC)NCC(=O)OC(C)(C)C.I. The molecule has 0 fully saturated rings. The van der Waals surface area contributed by atoms with E-state index in [1.165, 1.54) is 0 Å². The van der Waals surface area contributed by atoms with Gasteiger partial charge in [0, 0.05) is 26.6 Å². The van der Waals surface area contributed by atoms with Gasteiger partial charge in [0.05, 0.1) is 0 Å². The van der Waals surface area contributed by atoms with Crippen molar-refractivity contribution >= 4 is 35.9 Å². The summed E-state index contributed by atoms with van der Waals surface area (Å²) in [6.45, 7) is 8.99. The van der Waals surface area contributed by atoms with Crippen molar-refractivity contribution in [2.75, 3.05) is 20.1 Å². The highest BCUT2D eigenvalue weighted by Gasteiger charge is 2.16. The molecule has 0 aromatic carbocycles. The van der Waals surface area contributed by atoms with E-state index in [4.69, 9.17) is 4.74 Å². The molecule has 9 heteroatoms. The standard InChI is InChI=1S/C14H26N6O2.HI/c1-6-11-19-18-10-20(11)8-7-16-13(15-5)17-9-12(21)22-14(2,3)4;/h10H,6-9H2,1-5H3,(H2,15,16,17);1H. The second-order valence-electron chi connectivity index (χ2n) is 5.73. The first-order valence-electron chi connectivity index (χ1n) is 7.38. The molecular formula is C14H27IN6O2. The van der Waals surface area contributed by atoms with E-state index in [1.54, 1.807) is 13.4 Å². The number of carbonyl (C=O) groups excluding carboxylic acids is 1. The number of nitrogens with one attached hydrogen (secondary N) is 2. The summed E-state index contributed by atoms with van der Waals surface area (Å²) < 4.78 is 7.20. The lowest BCUT2D eigenvalue weighted by Crippen LogP contribution is -2.42. The fourth-order valence-corrected chi connectivity index (χ4v) is 1.79. The van der Waals surface area contributed by atoms with Crippen LogP contribution in [0.3, 0.4) is 0 Å². The topological polar surface area (TPSA) is 93.4 Å². The van der Waals surface area contributed by atoms with Gasteiger partial charge in [0.1, 0.15) is 24.3 Å². The van der Waals surface area contributed by atoms with Crippen LogP contribution in [-0.4, -0.2) is 52.4 Å². The van der Waals surface area contributed by atoms with E-state index < -0.39 is 5.60 Å². The van der Waals surface area contributed by atoms with Gasteiger partial charge in [-0.25, -0.2) is 0 Å². The molecule has 0 bridgehead atoms. The highest BCUT2D eigenvalue weighted by molar-refractivity contribution is 14.0. The average Bonchev–Trinajstić information content (AvgIpc) is 2.88. The third-order valence-corrected chi connectivity index (χ3v) is 2.70. The molecule has 2 N–H and O–H groups in total.